The van der Waals surface area contributed by atoms with Crippen molar-refractivity contribution in [2.24, 2.45) is 0 Å². The molecule has 0 heterocycles. The summed E-state index contributed by atoms with van der Waals surface area (Å²) in [5.41, 5.74) is 0. The number of carbonyl (C=O) groups is 1. The van der Waals surface area contributed by atoms with Crippen LogP contribution in [0.3, 0.4) is 0 Å². The van der Waals surface area contributed by atoms with Crippen LogP contribution in [0.1, 0.15) is 40.0 Å². The van der Waals surface area contributed by atoms with Crippen LogP contribution in [-0.4, -0.2) is 16.8 Å². The minimum atomic E-state index is 0.264. The van der Waals surface area contributed by atoms with Gasteiger partial charge in [0.2, 0.25) is 0 Å². The molecule has 0 aromatic heterocycles. The van der Waals surface area contributed by atoms with E-state index in [9.17, 15) is 4.79 Å². The first-order chi connectivity index (χ1) is 5.22. The predicted octanol–water partition coefficient (Wildman–Crippen LogP) is 2.89. The Morgan fingerprint density at radius 1 is 1.36 bits per heavy atom. The van der Waals surface area contributed by atoms with E-state index in [1.165, 1.54) is 0 Å². The topological polar surface area (TPSA) is 17.1 Å². The van der Waals surface area contributed by atoms with Crippen LogP contribution in [0.4, 0.5) is 0 Å². The summed E-state index contributed by atoms with van der Waals surface area (Å²) < 4.78 is 0. The summed E-state index contributed by atoms with van der Waals surface area (Å²) in [6.45, 7) is 5.97. The highest BCUT2D eigenvalue weighted by Crippen LogP contribution is 2.17. The van der Waals surface area contributed by atoms with Crippen molar-refractivity contribution in [1.29, 1.82) is 0 Å². The van der Waals surface area contributed by atoms with Gasteiger partial charge in [-0.2, -0.15) is 11.8 Å². The minimum Gasteiger partial charge on any atom is -0.299 e. The molecule has 0 bridgehead atoms. The molecule has 0 spiro atoms. The largest absolute Gasteiger partial charge is 0.299 e. The third kappa shape index (κ3) is 5.31. The Balaban J connectivity index is 3.60. The molecule has 0 aromatic carbocycles. The van der Waals surface area contributed by atoms with Gasteiger partial charge in [-0.25, -0.2) is 0 Å². The van der Waals surface area contributed by atoms with Crippen LogP contribution in [-0.2, 0) is 4.79 Å². The Morgan fingerprint density at radius 2 is 2.00 bits per heavy atom. The van der Waals surface area contributed by atoms with Crippen molar-refractivity contribution >= 4 is 17.5 Å². The molecule has 66 valence electrons. The van der Waals surface area contributed by atoms with Crippen molar-refractivity contribution in [2.45, 2.75) is 45.3 Å². The smallest absolute Gasteiger partial charge is 0.142 e. The molecule has 0 radical (unpaired) electrons. The molecular weight excluding hydrogens is 156 g/mol. The summed E-state index contributed by atoms with van der Waals surface area (Å²) in [5.74, 6) is 1.45. The fraction of sp³-hybridized carbons (Fsp3) is 0.889. The van der Waals surface area contributed by atoms with E-state index in [0.717, 1.165) is 25.0 Å². The summed E-state index contributed by atoms with van der Waals surface area (Å²) in [7, 11) is 0. The van der Waals surface area contributed by atoms with Crippen molar-refractivity contribution in [3.63, 3.8) is 0 Å². The monoisotopic (exact) mass is 174 g/mol. The highest BCUT2D eigenvalue weighted by atomic mass is 32.2. The third-order valence-corrected chi connectivity index (χ3v) is 3.14. The SMILES string of the molecule is CCCSC(CCC)C(C)=O. The summed E-state index contributed by atoms with van der Waals surface area (Å²) in [4.78, 5) is 11.0. The number of hydrogen-bond acceptors (Lipinski definition) is 2. The van der Waals surface area contributed by atoms with E-state index < -0.39 is 0 Å². The quantitative estimate of drug-likeness (QED) is 0.616. The van der Waals surface area contributed by atoms with Crippen molar-refractivity contribution in [3.8, 4) is 0 Å². The van der Waals surface area contributed by atoms with Crippen LogP contribution in [0.15, 0.2) is 0 Å². The first-order valence-corrected chi connectivity index (χ1v) is 5.39. The zero-order valence-electron chi connectivity index (χ0n) is 7.72. The van der Waals surface area contributed by atoms with Gasteiger partial charge in [0, 0.05) is 0 Å². The highest BCUT2D eigenvalue weighted by Gasteiger charge is 2.11. The van der Waals surface area contributed by atoms with Gasteiger partial charge in [-0.3, -0.25) is 4.79 Å². The van der Waals surface area contributed by atoms with Gasteiger partial charge in [-0.1, -0.05) is 20.3 Å². The van der Waals surface area contributed by atoms with Gasteiger partial charge in [0.25, 0.3) is 0 Å². The van der Waals surface area contributed by atoms with E-state index in [1.807, 2.05) is 0 Å². The first-order valence-electron chi connectivity index (χ1n) is 4.34. The zero-order chi connectivity index (χ0) is 8.69. The summed E-state index contributed by atoms with van der Waals surface area (Å²) in [5, 5.41) is 0.264. The molecule has 0 rings (SSSR count). The molecule has 0 N–H and O–H groups in total. The summed E-state index contributed by atoms with van der Waals surface area (Å²) >= 11 is 1.80. The molecule has 0 saturated heterocycles. The molecule has 1 nitrogen and oxygen atoms in total. The summed E-state index contributed by atoms with van der Waals surface area (Å²) in [6, 6.07) is 0. The lowest BCUT2D eigenvalue weighted by molar-refractivity contribution is -0.116. The van der Waals surface area contributed by atoms with Gasteiger partial charge in [-0.05, 0) is 25.5 Å². The number of carbonyl (C=O) groups excluding carboxylic acids is 1. The van der Waals surface area contributed by atoms with Crippen LogP contribution >= 0.6 is 11.8 Å². The van der Waals surface area contributed by atoms with E-state index in [-0.39, 0.29) is 5.25 Å². The van der Waals surface area contributed by atoms with Gasteiger partial charge in [-0.15, -0.1) is 0 Å². The zero-order valence-corrected chi connectivity index (χ0v) is 8.54. The molecule has 0 aliphatic carbocycles. The lowest BCUT2D eigenvalue weighted by Crippen LogP contribution is -2.13. The Morgan fingerprint density at radius 3 is 2.36 bits per heavy atom. The molecule has 11 heavy (non-hydrogen) atoms. The Bertz CT molecular complexity index is 112. The van der Waals surface area contributed by atoms with E-state index in [1.54, 1.807) is 18.7 Å². The van der Waals surface area contributed by atoms with Gasteiger partial charge in [0.05, 0.1) is 5.25 Å². The van der Waals surface area contributed by atoms with Crippen LogP contribution in [0.2, 0.25) is 0 Å². The molecule has 0 aliphatic rings. The minimum absolute atomic E-state index is 0.264. The predicted molar refractivity (Wildman–Crippen MR) is 52.1 cm³/mol. The molecular formula is C9H18OS. The molecule has 1 atom stereocenters. The van der Waals surface area contributed by atoms with Crippen LogP contribution in [0.5, 0.6) is 0 Å². The molecule has 0 saturated carbocycles. The van der Waals surface area contributed by atoms with Gasteiger partial charge < -0.3 is 0 Å². The van der Waals surface area contributed by atoms with E-state index in [2.05, 4.69) is 13.8 Å². The number of Topliss-reactive ketones (excluding diaryl/α,β-unsaturated/α-hetero) is 1. The van der Waals surface area contributed by atoms with E-state index in [4.69, 9.17) is 0 Å². The molecule has 2 heteroatoms. The number of rotatable bonds is 6. The van der Waals surface area contributed by atoms with Gasteiger partial charge in [0.1, 0.15) is 5.78 Å². The normalized spacial score (nSPS) is 13.0. The van der Waals surface area contributed by atoms with E-state index >= 15 is 0 Å². The van der Waals surface area contributed by atoms with Crippen LogP contribution in [0.25, 0.3) is 0 Å². The van der Waals surface area contributed by atoms with Crippen molar-refractivity contribution in [3.05, 3.63) is 0 Å². The average Bonchev–Trinajstić information content (AvgIpc) is 1.97. The molecule has 0 amide bonds. The maximum atomic E-state index is 11.0. The second kappa shape index (κ2) is 6.71. The maximum absolute atomic E-state index is 11.0. The fourth-order valence-electron chi connectivity index (χ4n) is 0.926. The Kier molecular flexibility index (Phi) is 6.73. The highest BCUT2D eigenvalue weighted by molar-refractivity contribution is 8.00. The molecule has 0 aromatic rings. The van der Waals surface area contributed by atoms with Crippen molar-refractivity contribution in [2.75, 3.05) is 5.75 Å². The lowest BCUT2D eigenvalue weighted by atomic mass is 10.2. The van der Waals surface area contributed by atoms with Crippen LogP contribution < -0.4 is 0 Å². The number of thioether (sulfide) groups is 1. The third-order valence-electron chi connectivity index (χ3n) is 1.53. The molecule has 1 unspecified atom stereocenters. The number of hydrogen-bond donors (Lipinski definition) is 0. The molecule has 0 fully saturated rings. The van der Waals surface area contributed by atoms with Gasteiger partial charge in [0.15, 0.2) is 0 Å². The maximum Gasteiger partial charge on any atom is 0.142 e. The fourth-order valence-corrected chi connectivity index (χ4v) is 2.08. The lowest BCUT2D eigenvalue weighted by Gasteiger charge is -2.10. The average molecular weight is 174 g/mol. The Labute approximate surface area is 73.9 Å². The standard InChI is InChI=1S/C9H18OS/c1-4-6-9(8(3)10)11-7-5-2/h9H,4-7H2,1-3H3. The van der Waals surface area contributed by atoms with E-state index in [0.29, 0.717) is 5.78 Å². The molecule has 0 aliphatic heterocycles. The van der Waals surface area contributed by atoms with Crippen molar-refractivity contribution < 1.29 is 4.79 Å². The van der Waals surface area contributed by atoms with Gasteiger partial charge >= 0.3 is 0 Å². The van der Waals surface area contributed by atoms with Crippen LogP contribution in [0, 0.1) is 0 Å². The first kappa shape index (κ1) is 11.0. The Hall–Kier alpha value is 0.0200. The number of ketones is 1. The second-order valence-corrected chi connectivity index (χ2v) is 4.07. The second-order valence-electron chi connectivity index (χ2n) is 2.76. The summed E-state index contributed by atoms with van der Waals surface area (Å²) in [6.07, 6.45) is 3.32. The van der Waals surface area contributed by atoms with Crippen molar-refractivity contribution in [1.82, 2.24) is 0 Å².